The first-order chi connectivity index (χ1) is 14.8. The summed E-state index contributed by atoms with van der Waals surface area (Å²) in [5, 5.41) is 9.67. The lowest BCUT2D eigenvalue weighted by atomic mass is 9.92. The predicted octanol–water partition coefficient (Wildman–Crippen LogP) is 5.23. The molecule has 2 heterocycles. The minimum absolute atomic E-state index is 0.132. The Morgan fingerprint density at radius 1 is 1.16 bits per heavy atom. The second kappa shape index (κ2) is 8.64. The van der Waals surface area contributed by atoms with Gasteiger partial charge in [0.1, 0.15) is 11.0 Å². The summed E-state index contributed by atoms with van der Waals surface area (Å²) in [6, 6.07) is 14.2. The fraction of sp³-hybridized carbons (Fsp3) is 0.385. The maximum Gasteiger partial charge on any atom is 0.163 e. The van der Waals surface area contributed by atoms with Crippen molar-refractivity contribution < 1.29 is 18.3 Å². The number of fused-ring (bicyclic) bond motifs is 1. The molecule has 1 fully saturated rings. The molecule has 4 rings (SSSR count). The van der Waals surface area contributed by atoms with Crippen molar-refractivity contribution in [1.82, 2.24) is 0 Å². The molecule has 0 spiro atoms. The van der Waals surface area contributed by atoms with Gasteiger partial charge in [0.05, 0.1) is 18.5 Å². The first-order valence-corrected chi connectivity index (χ1v) is 12.6. The largest absolute Gasteiger partial charge is 0.507 e. The fourth-order valence-electron chi connectivity index (χ4n) is 4.83. The number of hydrogen-bond donors (Lipinski definition) is 1. The van der Waals surface area contributed by atoms with Gasteiger partial charge in [-0.2, -0.15) is 0 Å². The lowest BCUT2D eigenvalue weighted by Gasteiger charge is -2.16. The van der Waals surface area contributed by atoms with Crippen LogP contribution >= 0.6 is 0 Å². The summed E-state index contributed by atoms with van der Waals surface area (Å²) in [7, 11) is -3.11. The molecule has 164 valence electrons. The Morgan fingerprint density at radius 2 is 1.84 bits per heavy atom. The van der Waals surface area contributed by atoms with E-state index < -0.39 is 15.1 Å². The van der Waals surface area contributed by atoms with E-state index in [0.717, 1.165) is 52.7 Å². The van der Waals surface area contributed by atoms with Gasteiger partial charge >= 0.3 is 0 Å². The molecular formula is C26H30O4S. The van der Waals surface area contributed by atoms with Gasteiger partial charge in [-0.15, -0.1) is 0 Å². The van der Waals surface area contributed by atoms with Gasteiger partial charge in [0, 0.05) is 0 Å². The van der Waals surface area contributed by atoms with Crippen LogP contribution in [-0.2, 0) is 14.6 Å². The molecule has 1 saturated heterocycles. The molecule has 0 saturated carbocycles. The van der Waals surface area contributed by atoms with E-state index in [1.54, 1.807) is 0 Å². The number of phenolic OH excluding ortho intramolecular Hbond substituents is 1. The lowest BCUT2D eigenvalue weighted by Crippen LogP contribution is -2.19. The van der Waals surface area contributed by atoms with E-state index in [1.807, 2.05) is 51.1 Å². The van der Waals surface area contributed by atoms with E-state index in [4.69, 9.17) is 4.74 Å². The number of sulfone groups is 1. The highest BCUT2D eigenvalue weighted by Crippen LogP contribution is 2.40. The van der Waals surface area contributed by atoms with Gasteiger partial charge in [-0.3, -0.25) is 0 Å². The monoisotopic (exact) mass is 438 g/mol. The Bertz CT molecular complexity index is 1120. The van der Waals surface area contributed by atoms with Gasteiger partial charge in [0.25, 0.3) is 0 Å². The smallest absolute Gasteiger partial charge is 0.163 e. The van der Waals surface area contributed by atoms with Crippen molar-refractivity contribution in [3.05, 3.63) is 75.9 Å². The van der Waals surface area contributed by atoms with Crippen molar-refractivity contribution in [2.24, 2.45) is 0 Å². The van der Waals surface area contributed by atoms with Gasteiger partial charge in [-0.05, 0) is 78.6 Å². The van der Waals surface area contributed by atoms with Crippen LogP contribution in [0.15, 0.2) is 53.6 Å². The molecule has 2 aliphatic heterocycles. The third kappa shape index (κ3) is 4.35. The molecule has 0 aromatic heterocycles. The quantitative estimate of drug-likeness (QED) is 0.495. The van der Waals surface area contributed by atoms with Crippen LogP contribution in [-0.4, -0.2) is 37.2 Å². The number of rotatable bonds is 6. The van der Waals surface area contributed by atoms with E-state index in [1.165, 1.54) is 5.57 Å². The Balaban J connectivity index is 1.63. The van der Waals surface area contributed by atoms with Gasteiger partial charge in [-0.25, -0.2) is 8.42 Å². The number of ether oxygens (including phenoxy) is 1. The third-order valence-corrected chi connectivity index (χ3v) is 8.47. The Morgan fingerprint density at radius 3 is 2.48 bits per heavy atom. The Kier molecular flexibility index (Phi) is 6.09. The van der Waals surface area contributed by atoms with E-state index in [9.17, 15) is 13.5 Å². The summed E-state index contributed by atoms with van der Waals surface area (Å²) in [5.41, 5.74) is 7.15. The minimum atomic E-state index is -3.11. The first kappa shape index (κ1) is 21.8. The van der Waals surface area contributed by atoms with Crippen molar-refractivity contribution >= 4 is 21.5 Å². The molecule has 0 amide bonds. The summed E-state index contributed by atoms with van der Waals surface area (Å²) < 4.78 is 31.0. The second-order valence-corrected chi connectivity index (χ2v) is 10.8. The highest BCUT2D eigenvalue weighted by atomic mass is 32.2. The standard InChI is InChI=1S/C26H30O4S/c1-4-20-16-31(28,29)24-15-30-23(25(20)24)11-10-22(21-8-6-5-7-9-21)14-19-12-17(2)26(27)18(3)13-19/h5-9,12-14,23-24,27H,4,10-11,15-16H2,1-3H3/b22-14-/t23-,24+/m1/s1. The van der Waals surface area contributed by atoms with Crippen molar-refractivity contribution in [3.63, 3.8) is 0 Å². The molecule has 0 unspecified atom stereocenters. The van der Waals surface area contributed by atoms with E-state index >= 15 is 0 Å². The molecule has 2 atom stereocenters. The molecule has 4 nitrogen and oxygen atoms in total. The van der Waals surface area contributed by atoms with Crippen LogP contribution in [0.3, 0.4) is 0 Å². The van der Waals surface area contributed by atoms with Crippen LogP contribution in [0.5, 0.6) is 5.75 Å². The zero-order valence-electron chi connectivity index (χ0n) is 18.4. The average Bonchev–Trinajstić information content (AvgIpc) is 3.29. The number of phenols is 1. The van der Waals surface area contributed by atoms with Crippen LogP contribution < -0.4 is 0 Å². The number of hydrogen-bond acceptors (Lipinski definition) is 4. The molecule has 2 aliphatic rings. The van der Waals surface area contributed by atoms with Gasteiger partial charge in [-0.1, -0.05) is 48.9 Å². The number of benzene rings is 2. The van der Waals surface area contributed by atoms with Crippen LogP contribution in [0.1, 0.15) is 48.4 Å². The molecule has 2 aromatic carbocycles. The van der Waals surface area contributed by atoms with E-state index in [-0.39, 0.29) is 18.5 Å². The topological polar surface area (TPSA) is 63.6 Å². The maximum atomic E-state index is 12.5. The van der Waals surface area contributed by atoms with E-state index in [2.05, 4.69) is 18.2 Å². The molecule has 31 heavy (non-hydrogen) atoms. The zero-order valence-corrected chi connectivity index (χ0v) is 19.2. The van der Waals surface area contributed by atoms with Crippen LogP contribution in [0.2, 0.25) is 0 Å². The van der Waals surface area contributed by atoms with E-state index in [0.29, 0.717) is 5.75 Å². The molecule has 1 N–H and O–H groups in total. The van der Waals surface area contributed by atoms with Gasteiger partial charge < -0.3 is 9.84 Å². The maximum absolute atomic E-state index is 12.5. The highest BCUT2D eigenvalue weighted by molar-refractivity contribution is 7.92. The number of aromatic hydroxyl groups is 1. The molecule has 0 aliphatic carbocycles. The first-order valence-electron chi connectivity index (χ1n) is 10.9. The fourth-order valence-corrected chi connectivity index (χ4v) is 6.88. The van der Waals surface area contributed by atoms with Crippen molar-refractivity contribution in [3.8, 4) is 5.75 Å². The molecule has 5 heteroatoms. The summed E-state index contributed by atoms with van der Waals surface area (Å²) in [6.07, 6.45) is 4.33. The molecule has 0 bridgehead atoms. The SMILES string of the molecule is CCC1=C2[C@@H](CC/C(=C/c3cc(C)c(O)c(C)c3)c3ccccc3)OC[C@@H]2S(=O)(=O)C1. The van der Waals surface area contributed by atoms with Crippen LogP contribution in [0.4, 0.5) is 0 Å². The second-order valence-electron chi connectivity index (χ2n) is 8.61. The van der Waals surface area contributed by atoms with Gasteiger partial charge in [0.15, 0.2) is 9.84 Å². The van der Waals surface area contributed by atoms with Crippen LogP contribution in [0, 0.1) is 13.8 Å². The predicted molar refractivity (Wildman–Crippen MR) is 126 cm³/mol. The zero-order chi connectivity index (χ0) is 22.2. The van der Waals surface area contributed by atoms with Crippen LogP contribution in [0.25, 0.3) is 11.6 Å². The van der Waals surface area contributed by atoms with Crippen molar-refractivity contribution in [2.45, 2.75) is 51.4 Å². The molecule has 2 aromatic rings. The van der Waals surface area contributed by atoms with Crippen molar-refractivity contribution in [2.75, 3.05) is 12.4 Å². The average molecular weight is 439 g/mol. The third-order valence-electron chi connectivity index (χ3n) is 6.46. The highest BCUT2D eigenvalue weighted by Gasteiger charge is 2.46. The summed E-state index contributed by atoms with van der Waals surface area (Å²) >= 11 is 0. The summed E-state index contributed by atoms with van der Waals surface area (Å²) in [5.74, 6) is 0.529. The van der Waals surface area contributed by atoms with Crippen molar-refractivity contribution in [1.29, 1.82) is 0 Å². The summed E-state index contributed by atoms with van der Waals surface area (Å²) in [4.78, 5) is 0. The molecule has 0 radical (unpaired) electrons. The Labute approximate surface area is 185 Å². The van der Waals surface area contributed by atoms with Gasteiger partial charge in [0.2, 0.25) is 0 Å². The minimum Gasteiger partial charge on any atom is -0.507 e. The Hall–Kier alpha value is -2.37. The number of aryl methyl sites for hydroxylation is 2. The normalized spacial score (nSPS) is 22.7. The molecular weight excluding hydrogens is 408 g/mol. The summed E-state index contributed by atoms with van der Waals surface area (Å²) in [6.45, 7) is 6.13. The lowest BCUT2D eigenvalue weighted by molar-refractivity contribution is 0.118. The number of allylic oxidation sites excluding steroid dienone is 1.